The highest BCUT2D eigenvalue weighted by Gasteiger charge is 2.28. The predicted octanol–water partition coefficient (Wildman–Crippen LogP) is 4.54. The van der Waals surface area contributed by atoms with E-state index in [9.17, 15) is 9.59 Å². The van der Waals surface area contributed by atoms with Crippen LogP contribution in [0, 0.1) is 0 Å². The van der Waals surface area contributed by atoms with Gasteiger partial charge in [-0.3, -0.25) is 4.79 Å². The number of hydrogen-bond donors (Lipinski definition) is 0. The van der Waals surface area contributed by atoms with Crippen LogP contribution in [0.4, 0.5) is 4.79 Å². The quantitative estimate of drug-likeness (QED) is 0.687. The van der Waals surface area contributed by atoms with Gasteiger partial charge >= 0.3 is 6.09 Å². The van der Waals surface area contributed by atoms with Gasteiger partial charge in [0.1, 0.15) is 17.2 Å². The summed E-state index contributed by atoms with van der Waals surface area (Å²) in [6.45, 7) is 7.30. The molecule has 0 saturated carbocycles. The minimum atomic E-state index is -0.435. The zero-order valence-electron chi connectivity index (χ0n) is 16.2. The first-order chi connectivity index (χ1) is 13.6. The average molecular weight is 381 g/mol. The summed E-state index contributed by atoms with van der Waals surface area (Å²) < 4.78 is 16.7. The number of benzene rings is 2. The van der Waals surface area contributed by atoms with Crippen LogP contribution in [0.15, 0.2) is 48.2 Å². The molecule has 0 bridgehead atoms. The first-order valence-corrected chi connectivity index (χ1v) is 9.34. The molecule has 0 saturated heterocycles. The molecule has 1 aliphatic heterocycles. The van der Waals surface area contributed by atoms with Crippen molar-refractivity contribution >= 4 is 18.0 Å². The molecule has 1 aliphatic rings. The average Bonchev–Trinajstić information content (AvgIpc) is 2.99. The fraction of sp³-hybridized carbons (Fsp3) is 0.273. The number of fused-ring (bicyclic) bond motifs is 1. The Morgan fingerprint density at radius 3 is 2.57 bits per heavy atom. The second kappa shape index (κ2) is 8.61. The maximum Gasteiger partial charge on any atom is 0.415 e. The number of para-hydroxylation sites is 1. The molecule has 6 nitrogen and oxygen atoms in total. The highest BCUT2D eigenvalue weighted by atomic mass is 16.6. The molecule has 0 aromatic heterocycles. The summed E-state index contributed by atoms with van der Waals surface area (Å²) in [4.78, 5) is 26.3. The van der Waals surface area contributed by atoms with Gasteiger partial charge in [0.15, 0.2) is 5.76 Å². The van der Waals surface area contributed by atoms with E-state index in [1.54, 1.807) is 29.2 Å². The fourth-order valence-electron chi connectivity index (χ4n) is 2.91. The summed E-state index contributed by atoms with van der Waals surface area (Å²) in [5.41, 5.74) is 1.19. The molecule has 0 radical (unpaired) electrons. The molecule has 28 heavy (non-hydrogen) atoms. The summed E-state index contributed by atoms with van der Waals surface area (Å²) in [6.07, 6.45) is 1.23. The first kappa shape index (κ1) is 19.5. The third-order valence-electron chi connectivity index (χ3n) is 4.37. The zero-order valence-corrected chi connectivity index (χ0v) is 16.2. The molecule has 1 amide bonds. The molecule has 0 N–H and O–H groups in total. The van der Waals surface area contributed by atoms with Gasteiger partial charge in [-0.1, -0.05) is 18.2 Å². The van der Waals surface area contributed by atoms with Crippen molar-refractivity contribution in [3.05, 3.63) is 59.4 Å². The normalized spacial score (nSPS) is 13.8. The second-order valence-corrected chi connectivity index (χ2v) is 6.11. The van der Waals surface area contributed by atoms with Crippen molar-refractivity contribution in [2.75, 3.05) is 19.7 Å². The third-order valence-corrected chi connectivity index (χ3v) is 4.37. The van der Waals surface area contributed by atoms with Crippen LogP contribution < -0.4 is 14.2 Å². The van der Waals surface area contributed by atoms with E-state index in [-0.39, 0.29) is 11.5 Å². The van der Waals surface area contributed by atoms with Crippen molar-refractivity contribution in [2.45, 2.75) is 20.8 Å². The topological polar surface area (TPSA) is 65.1 Å². The summed E-state index contributed by atoms with van der Waals surface area (Å²) in [5, 5.41) is 0. The Kier molecular flexibility index (Phi) is 5.99. The Morgan fingerprint density at radius 2 is 1.86 bits per heavy atom. The van der Waals surface area contributed by atoms with Gasteiger partial charge in [-0.2, -0.15) is 0 Å². The molecule has 6 heteroatoms. The maximum atomic E-state index is 12.7. The lowest BCUT2D eigenvalue weighted by Gasteiger charge is -2.17. The van der Waals surface area contributed by atoms with Gasteiger partial charge in [-0.05, 0) is 45.0 Å². The van der Waals surface area contributed by atoms with E-state index >= 15 is 0 Å². The highest BCUT2D eigenvalue weighted by Crippen LogP contribution is 2.35. The Balaban J connectivity index is 1.83. The van der Waals surface area contributed by atoms with Crippen LogP contribution in [-0.4, -0.2) is 36.5 Å². The van der Waals surface area contributed by atoms with E-state index in [2.05, 4.69) is 0 Å². The van der Waals surface area contributed by atoms with Crippen LogP contribution in [-0.2, 0) is 0 Å². The number of allylic oxidation sites excluding steroid dienone is 1. The standard InChI is InChI=1S/C22H23NO5/c1-4-23(5-2)22(25)27-16-11-12-17-19(14-16)28-20(21(17)24)13-15-9-7-8-10-18(15)26-6-3/h7-14H,4-6H2,1-3H3. The smallest absolute Gasteiger partial charge is 0.415 e. The Labute approximate surface area is 164 Å². The second-order valence-electron chi connectivity index (χ2n) is 6.11. The molecule has 0 unspecified atom stereocenters. The molecule has 0 aliphatic carbocycles. The van der Waals surface area contributed by atoms with Crippen molar-refractivity contribution < 1.29 is 23.8 Å². The summed E-state index contributed by atoms with van der Waals surface area (Å²) in [6, 6.07) is 12.2. The molecule has 2 aromatic rings. The predicted molar refractivity (Wildman–Crippen MR) is 106 cm³/mol. The SMILES string of the molecule is CCOc1ccccc1C=C1Oc2cc(OC(=O)N(CC)CC)ccc2C1=O. The molecule has 2 aromatic carbocycles. The van der Waals surface area contributed by atoms with Gasteiger partial charge in [0.05, 0.1) is 12.2 Å². The van der Waals surface area contributed by atoms with Gasteiger partial charge in [0, 0.05) is 24.7 Å². The van der Waals surface area contributed by atoms with Gasteiger partial charge < -0.3 is 19.1 Å². The Hall–Kier alpha value is -3.28. The van der Waals surface area contributed by atoms with Crippen LogP contribution in [0.2, 0.25) is 0 Å². The summed E-state index contributed by atoms with van der Waals surface area (Å²) >= 11 is 0. The molecular formula is C22H23NO5. The van der Waals surface area contributed by atoms with Crippen LogP contribution in [0.1, 0.15) is 36.7 Å². The summed E-state index contributed by atoms with van der Waals surface area (Å²) in [7, 11) is 0. The van der Waals surface area contributed by atoms with Crippen LogP contribution >= 0.6 is 0 Å². The highest BCUT2D eigenvalue weighted by molar-refractivity contribution is 6.14. The Bertz CT molecular complexity index is 915. The largest absolute Gasteiger partial charge is 0.493 e. The number of Topliss-reactive ketones (excluding diaryl/α,β-unsaturated/α-hetero) is 1. The molecule has 1 heterocycles. The summed E-state index contributed by atoms with van der Waals surface area (Å²) in [5.74, 6) is 1.37. The molecule has 0 atom stereocenters. The monoisotopic (exact) mass is 381 g/mol. The van der Waals surface area contributed by atoms with Gasteiger partial charge in [0.2, 0.25) is 5.78 Å². The van der Waals surface area contributed by atoms with E-state index in [0.717, 1.165) is 5.56 Å². The molecule has 0 fully saturated rings. The molecule has 146 valence electrons. The minimum Gasteiger partial charge on any atom is -0.493 e. The number of carbonyl (C=O) groups excluding carboxylic acids is 2. The van der Waals surface area contributed by atoms with Crippen LogP contribution in [0.5, 0.6) is 17.2 Å². The molecule has 0 spiro atoms. The third kappa shape index (κ3) is 4.01. The van der Waals surface area contributed by atoms with E-state index in [1.165, 1.54) is 0 Å². The minimum absolute atomic E-state index is 0.203. The maximum absolute atomic E-state index is 12.7. The number of rotatable bonds is 6. The zero-order chi connectivity index (χ0) is 20.1. The van der Waals surface area contributed by atoms with E-state index in [0.29, 0.717) is 42.5 Å². The van der Waals surface area contributed by atoms with Crippen LogP contribution in [0.25, 0.3) is 6.08 Å². The number of amides is 1. The lowest BCUT2D eigenvalue weighted by Crippen LogP contribution is -2.33. The van der Waals surface area contributed by atoms with E-state index in [4.69, 9.17) is 14.2 Å². The number of carbonyl (C=O) groups is 2. The van der Waals surface area contributed by atoms with Gasteiger partial charge in [-0.15, -0.1) is 0 Å². The van der Waals surface area contributed by atoms with Crippen molar-refractivity contribution in [3.63, 3.8) is 0 Å². The van der Waals surface area contributed by atoms with Crippen LogP contribution in [0.3, 0.4) is 0 Å². The Morgan fingerprint density at radius 1 is 1.11 bits per heavy atom. The lowest BCUT2D eigenvalue weighted by molar-refractivity contribution is 0.101. The first-order valence-electron chi connectivity index (χ1n) is 9.34. The number of ether oxygens (including phenoxy) is 3. The number of nitrogens with zero attached hydrogens (tertiary/aromatic N) is 1. The number of hydrogen-bond acceptors (Lipinski definition) is 5. The number of ketones is 1. The van der Waals surface area contributed by atoms with Gasteiger partial charge in [-0.25, -0.2) is 4.79 Å². The lowest BCUT2D eigenvalue weighted by atomic mass is 10.1. The molecular weight excluding hydrogens is 358 g/mol. The molecule has 3 rings (SSSR count). The van der Waals surface area contributed by atoms with E-state index < -0.39 is 6.09 Å². The van der Waals surface area contributed by atoms with Crippen molar-refractivity contribution in [1.29, 1.82) is 0 Å². The van der Waals surface area contributed by atoms with Crippen molar-refractivity contribution in [2.24, 2.45) is 0 Å². The van der Waals surface area contributed by atoms with Crippen molar-refractivity contribution in [1.82, 2.24) is 4.90 Å². The van der Waals surface area contributed by atoms with Crippen molar-refractivity contribution in [3.8, 4) is 17.2 Å². The van der Waals surface area contributed by atoms with E-state index in [1.807, 2.05) is 45.0 Å². The van der Waals surface area contributed by atoms with Gasteiger partial charge in [0.25, 0.3) is 0 Å². The fourth-order valence-corrected chi connectivity index (χ4v) is 2.91.